The number of amides is 1. The van der Waals surface area contributed by atoms with Crippen LogP contribution in [0.4, 0.5) is 5.69 Å². The normalized spacial score (nSPS) is 10.5. The molecule has 3 rings (SSSR count). The van der Waals surface area contributed by atoms with E-state index in [2.05, 4.69) is 5.32 Å². The zero-order valence-corrected chi connectivity index (χ0v) is 15.2. The Kier molecular flexibility index (Phi) is 5.30. The molecule has 1 N–H and O–H groups in total. The molecule has 0 atom stereocenters. The number of rotatable bonds is 6. The fourth-order valence-electron chi connectivity index (χ4n) is 2.87. The van der Waals surface area contributed by atoms with Gasteiger partial charge in [-0.15, -0.1) is 0 Å². The molecule has 7 nitrogen and oxygen atoms in total. The second-order valence-electron chi connectivity index (χ2n) is 5.71. The number of ether oxygens (including phenoxy) is 3. The summed E-state index contributed by atoms with van der Waals surface area (Å²) in [4.78, 5) is 24.4. The number of hydrogen-bond donors (Lipinski definition) is 1. The van der Waals surface area contributed by atoms with Gasteiger partial charge in [0.25, 0.3) is 0 Å². The highest BCUT2D eigenvalue weighted by molar-refractivity contribution is 6.05. The molecule has 27 heavy (non-hydrogen) atoms. The molecule has 0 saturated heterocycles. The van der Waals surface area contributed by atoms with E-state index in [4.69, 9.17) is 18.6 Å². The fraction of sp³-hybridized carbons (Fsp3) is 0.200. The van der Waals surface area contributed by atoms with Crippen LogP contribution in [0.15, 0.2) is 51.7 Å². The Morgan fingerprint density at radius 3 is 2.33 bits per heavy atom. The number of fused-ring (bicyclic) bond motifs is 1. The van der Waals surface area contributed by atoms with Crippen LogP contribution in [0.5, 0.6) is 17.2 Å². The number of anilines is 1. The molecule has 0 saturated carbocycles. The number of benzene rings is 2. The van der Waals surface area contributed by atoms with E-state index in [1.807, 2.05) is 30.3 Å². The van der Waals surface area contributed by atoms with Crippen molar-refractivity contribution in [1.82, 2.24) is 0 Å². The fourth-order valence-corrected chi connectivity index (χ4v) is 2.87. The number of carbonyl (C=O) groups is 1. The van der Waals surface area contributed by atoms with Gasteiger partial charge in [0.15, 0.2) is 11.5 Å². The first-order valence-corrected chi connectivity index (χ1v) is 8.18. The summed E-state index contributed by atoms with van der Waals surface area (Å²) in [6.45, 7) is 0. The lowest BCUT2D eigenvalue weighted by atomic mass is 10.1. The monoisotopic (exact) mass is 369 g/mol. The first-order chi connectivity index (χ1) is 13.1. The minimum atomic E-state index is -0.605. The molecule has 1 heterocycles. The average Bonchev–Trinajstić information content (AvgIpc) is 2.66. The molecule has 0 aliphatic heterocycles. The van der Waals surface area contributed by atoms with Gasteiger partial charge in [-0.2, -0.15) is 0 Å². The Hall–Kier alpha value is -3.48. The van der Waals surface area contributed by atoms with Gasteiger partial charge in [0.2, 0.25) is 11.7 Å². The number of nitrogens with one attached hydrogen (secondary N) is 1. The van der Waals surface area contributed by atoms with E-state index in [-0.39, 0.29) is 23.6 Å². The van der Waals surface area contributed by atoms with E-state index in [1.165, 1.54) is 33.5 Å². The number of methoxy groups -OCH3 is 3. The SMILES string of the molecule is COc1cc2oc(=O)cc(NC(=O)Cc3ccccc3)c2c(OC)c1OC. The van der Waals surface area contributed by atoms with Gasteiger partial charge < -0.3 is 23.9 Å². The molecule has 0 aliphatic carbocycles. The topological polar surface area (TPSA) is 87.0 Å². The van der Waals surface area contributed by atoms with Crippen LogP contribution in [-0.4, -0.2) is 27.2 Å². The minimum Gasteiger partial charge on any atom is -0.493 e. The maximum absolute atomic E-state index is 12.5. The van der Waals surface area contributed by atoms with Crippen molar-refractivity contribution in [2.45, 2.75) is 6.42 Å². The molecule has 1 aromatic heterocycles. The van der Waals surface area contributed by atoms with E-state index >= 15 is 0 Å². The minimum absolute atomic E-state index is 0.165. The second-order valence-corrected chi connectivity index (χ2v) is 5.71. The van der Waals surface area contributed by atoms with Crippen molar-refractivity contribution >= 4 is 22.6 Å². The molecular weight excluding hydrogens is 350 g/mol. The summed E-state index contributed by atoms with van der Waals surface area (Å²) in [5.74, 6) is 0.702. The molecule has 2 aromatic carbocycles. The van der Waals surface area contributed by atoms with Gasteiger partial charge in [-0.25, -0.2) is 4.79 Å². The summed E-state index contributed by atoms with van der Waals surface area (Å²) in [6.07, 6.45) is 0.165. The highest BCUT2D eigenvalue weighted by Crippen LogP contribution is 2.45. The maximum atomic E-state index is 12.5. The van der Waals surface area contributed by atoms with Crippen LogP contribution in [0.25, 0.3) is 11.0 Å². The van der Waals surface area contributed by atoms with E-state index in [9.17, 15) is 9.59 Å². The standard InChI is InChI=1S/C20H19NO6/c1-24-15-11-14-18(20(26-3)19(15)25-2)13(10-17(23)27-14)21-16(22)9-12-7-5-4-6-8-12/h4-8,10-11H,9H2,1-3H3,(H,21,22). The van der Waals surface area contributed by atoms with Crippen LogP contribution in [0, 0.1) is 0 Å². The Morgan fingerprint density at radius 2 is 1.70 bits per heavy atom. The Balaban J connectivity index is 2.09. The van der Waals surface area contributed by atoms with Crippen LogP contribution < -0.4 is 25.2 Å². The van der Waals surface area contributed by atoms with E-state index < -0.39 is 5.63 Å². The third-order valence-corrected chi connectivity index (χ3v) is 4.02. The van der Waals surface area contributed by atoms with E-state index in [0.717, 1.165) is 5.56 Å². The Morgan fingerprint density at radius 1 is 1.00 bits per heavy atom. The van der Waals surface area contributed by atoms with Crippen LogP contribution >= 0.6 is 0 Å². The van der Waals surface area contributed by atoms with Crippen molar-refractivity contribution in [2.24, 2.45) is 0 Å². The van der Waals surface area contributed by atoms with Gasteiger partial charge in [0.05, 0.1) is 38.8 Å². The van der Waals surface area contributed by atoms with Crippen LogP contribution in [0.3, 0.4) is 0 Å². The second kappa shape index (κ2) is 7.82. The van der Waals surface area contributed by atoms with Crippen LogP contribution in [-0.2, 0) is 11.2 Å². The van der Waals surface area contributed by atoms with E-state index in [0.29, 0.717) is 22.6 Å². The molecule has 0 aliphatic rings. The smallest absolute Gasteiger partial charge is 0.338 e. The molecule has 140 valence electrons. The zero-order chi connectivity index (χ0) is 19.4. The summed E-state index contributed by atoms with van der Waals surface area (Å²) in [5.41, 5.74) is 0.743. The average molecular weight is 369 g/mol. The molecule has 0 fully saturated rings. The molecule has 0 bridgehead atoms. The maximum Gasteiger partial charge on any atom is 0.338 e. The Labute approximate surface area is 155 Å². The van der Waals surface area contributed by atoms with Gasteiger partial charge in [-0.05, 0) is 5.56 Å². The summed E-state index contributed by atoms with van der Waals surface area (Å²) < 4.78 is 21.4. The summed E-state index contributed by atoms with van der Waals surface area (Å²) in [7, 11) is 4.39. The van der Waals surface area contributed by atoms with Crippen molar-refractivity contribution in [3.63, 3.8) is 0 Å². The predicted octanol–water partition coefficient (Wildman–Crippen LogP) is 3.00. The van der Waals surface area contributed by atoms with Crippen LogP contribution in [0.1, 0.15) is 5.56 Å². The van der Waals surface area contributed by atoms with Gasteiger partial charge >= 0.3 is 5.63 Å². The largest absolute Gasteiger partial charge is 0.493 e. The van der Waals surface area contributed by atoms with Crippen molar-refractivity contribution in [2.75, 3.05) is 26.6 Å². The van der Waals surface area contributed by atoms with Gasteiger partial charge in [0.1, 0.15) is 5.58 Å². The Bertz CT molecular complexity index is 1030. The third-order valence-electron chi connectivity index (χ3n) is 4.02. The van der Waals surface area contributed by atoms with Gasteiger partial charge in [-0.3, -0.25) is 4.79 Å². The van der Waals surface area contributed by atoms with Crippen molar-refractivity contribution in [3.8, 4) is 17.2 Å². The van der Waals surface area contributed by atoms with Crippen molar-refractivity contribution in [1.29, 1.82) is 0 Å². The molecule has 1 amide bonds. The summed E-state index contributed by atoms with van der Waals surface area (Å²) in [5, 5.41) is 3.18. The number of hydrogen-bond acceptors (Lipinski definition) is 6. The zero-order valence-electron chi connectivity index (χ0n) is 15.2. The first-order valence-electron chi connectivity index (χ1n) is 8.18. The van der Waals surface area contributed by atoms with Gasteiger partial charge in [-0.1, -0.05) is 30.3 Å². The van der Waals surface area contributed by atoms with Crippen LogP contribution in [0.2, 0.25) is 0 Å². The summed E-state index contributed by atoms with van der Waals surface area (Å²) >= 11 is 0. The van der Waals surface area contributed by atoms with Crippen molar-refractivity contribution in [3.05, 3.63) is 58.4 Å². The summed E-state index contributed by atoms with van der Waals surface area (Å²) in [6, 6.07) is 12.0. The third kappa shape index (κ3) is 3.72. The van der Waals surface area contributed by atoms with Gasteiger partial charge in [0, 0.05) is 12.1 Å². The highest BCUT2D eigenvalue weighted by atomic mass is 16.5. The number of carbonyl (C=O) groups excluding carboxylic acids is 1. The quantitative estimate of drug-likeness (QED) is 0.672. The molecule has 0 spiro atoms. The molecule has 0 radical (unpaired) electrons. The predicted molar refractivity (Wildman–Crippen MR) is 101 cm³/mol. The highest BCUT2D eigenvalue weighted by Gasteiger charge is 2.21. The lowest BCUT2D eigenvalue weighted by molar-refractivity contribution is -0.115. The van der Waals surface area contributed by atoms with E-state index in [1.54, 1.807) is 0 Å². The lowest BCUT2D eigenvalue weighted by Crippen LogP contribution is -2.16. The first kappa shape index (κ1) is 18.3. The van der Waals surface area contributed by atoms with Crippen molar-refractivity contribution < 1.29 is 23.4 Å². The molecule has 7 heteroatoms. The molecular formula is C20H19NO6. The molecule has 3 aromatic rings. The molecule has 0 unspecified atom stereocenters. The lowest BCUT2D eigenvalue weighted by Gasteiger charge is -2.16.